The van der Waals surface area contributed by atoms with Crippen LogP contribution in [0.5, 0.6) is 0 Å². The van der Waals surface area contributed by atoms with Crippen molar-refractivity contribution < 1.29 is 0 Å². The zero-order valence-corrected chi connectivity index (χ0v) is 11.6. The molecule has 0 aliphatic carbocycles. The van der Waals surface area contributed by atoms with Crippen LogP contribution in [0, 0.1) is 11.3 Å². The number of piperidine rings is 1. The van der Waals surface area contributed by atoms with Crippen molar-refractivity contribution in [3.63, 3.8) is 0 Å². The molecule has 1 aliphatic heterocycles. The number of likely N-dealkylation sites (tertiary alicyclic amines) is 1. The Morgan fingerprint density at radius 3 is 2.69 bits per heavy atom. The molecule has 0 amide bonds. The van der Waals surface area contributed by atoms with E-state index in [0.29, 0.717) is 0 Å². The van der Waals surface area contributed by atoms with Crippen LogP contribution in [0.2, 0.25) is 0 Å². The molecule has 0 spiro atoms. The lowest BCUT2D eigenvalue weighted by molar-refractivity contribution is 0.225. The Kier molecular flexibility index (Phi) is 4.39. The van der Waals surface area contributed by atoms with Gasteiger partial charge < -0.3 is 4.90 Å². The highest BCUT2D eigenvalue weighted by Crippen LogP contribution is 2.29. The maximum Gasteiger partial charge on any atom is 0.0932 e. The average molecular weight is 299 g/mol. The van der Waals surface area contributed by atoms with Crippen molar-refractivity contribution in [1.82, 2.24) is 4.90 Å². The first-order valence-corrected chi connectivity index (χ1v) is 7.28. The summed E-state index contributed by atoms with van der Waals surface area (Å²) in [5, 5.41) is 9.23. The average Bonchev–Trinajstić information content (AvgIpc) is 2.74. The molecule has 0 N–H and O–H groups in total. The third kappa shape index (κ3) is 3.07. The molecule has 1 aromatic rings. The zero-order chi connectivity index (χ0) is 11.4. The molecule has 1 fully saturated rings. The zero-order valence-electron chi connectivity index (χ0n) is 9.16. The predicted octanol–water partition coefficient (Wildman–Crippen LogP) is 3.60. The first-order chi connectivity index (χ1) is 7.79. The summed E-state index contributed by atoms with van der Waals surface area (Å²) in [6.07, 6.45) is 3.91. The van der Waals surface area contributed by atoms with Gasteiger partial charge in [-0.3, -0.25) is 0 Å². The summed E-state index contributed by atoms with van der Waals surface area (Å²) >= 11 is 5.13. The van der Waals surface area contributed by atoms with Crippen LogP contribution in [-0.4, -0.2) is 24.5 Å². The summed E-state index contributed by atoms with van der Waals surface area (Å²) in [5.74, 6) is 0.0365. The number of nitriles is 1. The molecule has 4 heteroatoms. The van der Waals surface area contributed by atoms with E-state index in [0.717, 1.165) is 23.4 Å². The van der Waals surface area contributed by atoms with Crippen LogP contribution in [-0.2, 0) is 0 Å². The SMILES string of the molecule is N#CC(CN1CCCCC1)c1ccc(Br)s1. The molecule has 0 saturated carbocycles. The van der Waals surface area contributed by atoms with Gasteiger partial charge in [-0.25, -0.2) is 0 Å². The van der Waals surface area contributed by atoms with E-state index in [1.807, 2.05) is 6.07 Å². The molecule has 2 nitrogen and oxygen atoms in total. The maximum atomic E-state index is 9.23. The van der Waals surface area contributed by atoms with Crippen LogP contribution in [0.3, 0.4) is 0 Å². The van der Waals surface area contributed by atoms with Crippen molar-refractivity contribution in [3.05, 3.63) is 20.8 Å². The van der Waals surface area contributed by atoms with Crippen molar-refractivity contribution in [2.45, 2.75) is 25.2 Å². The Morgan fingerprint density at radius 1 is 1.38 bits per heavy atom. The molecule has 86 valence electrons. The summed E-state index contributed by atoms with van der Waals surface area (Å²) in [4.78, 5) is 3.60. The lowest BCUT2D eigenvalue weighted by atomic mass is 10.1. The number of rotatable bonds is 3. The third-order valence-corrected chi connectivity index (χ3v) is 4.72. The minimum Gasteiger partial charge on any atom is -0.302 e. The fourth-order valence-corrected chi connectivity index (χ4v) is 3.57. The van der Waals surface area contributed by atoms with Crippen LogP contribution in [0.25, 0.3) is 0 Å². The van der Waals surface area contributed by atoms with Crippen LogP contribution in [0.4, 0.5) is 0 Å². The normalized spacial score (nSPS) is 19.2. The van der Waals surface area contributed by atoms with E-state index in [2.05, 4.69) is 33.0 Å². The highest BCUT2D eigenvalue weighted by atomic mass is 79.9. The lowest BCUT2D eigenvalue weighted by Gasteiger charge is -2.27. The molecule has 0 aromatic carbocycles. The number of hydrogen-bond acceptors (Lipinski definition) is 3. The van der Waals surface area contributed by atoms with Crippen LogP contribution in [0.1, 0.15) is 30.1 Å². The first-order valence-electron chi connectivity index (χ1n) is 5.67. The van der Waals surface area contributed by atoms with Crippen molar-refractivity contribution in [2.75, 3.05) is 19.6 Å². The Morgan fingerprint density at radius 2 is 2.12 bits per heavy atom. The van der Waals surface area contributed by atoms with Crippen molar-refractivity contribution in [1.29, 1.82) is 5.26 Å². The Hall–Kier alpha value is -0.370. The molecular formula is C12H15BrN2S. The second-order valence-electron chi connectivity index (χ2n) is 4.18. The van der Waals surface area contributed by atoms with E-state index in [1.54, 1.807) is 11.3 Å². The van der Waals surface area contributed by atoms with E-state index in [1.165, 1.54) is 24.1 Å². The van der Waals surface area contributed by atoms with Gasteiger partial charge in [0.2, 0.25) is 0 Å². The topological polar surface area (TPSA) is 27.0 Å². The van der Waals surface area contributed by atoms with E-state index in [-0.39, 0.29) is 5.92 Å². The van der Waals surface area contributed by atoms with Crippen molar-refractivity contribution in [3.8, 4) is 6.07 Å². The molecule has 2 rings (SSSR count). The Labute approximate surface area is 109 Å². The highest BCUT2D eigenvalue weighted by molar-refractivity contribution is 9.11. The van der Waals surface area contributed by atoms with Gasteiger partial charge in [0, 0.05) is 11.4 Å². The number of thiophene rings is 1. The molecule has 1 saturated heterocycles. The fraction of sp³-hybridized carbons (Fsp3) is 0.583. The van der Waals surface area contributed by atoms with Gasteiger partial charge in [0.05, 0.1) is 15.8 Å². The van der Waals surface area contributed by atoms with E-state index in [9.17, 15) is 5.26 Å². The second-order valence-corrected chi connectivity index (χ2v) is 6.68. The van der Waals surface area contributed by atoms with Gasteiger partial charge in [0.25, 0.3) is 0 Å². The molecule has 1 atom stereocenters. The largest absolute Gasteiger partial charge is 0.302 e. The molecular weight excluding hydrogens is 284 g/mol. The number of hydrogen-bond donors (Lipinski definition) is 0. The Balaban J connectivity index is 1.98. The van der Waals surface area contributed by atoms with Crippen LogP contribution in [0.15, 0.2) is 15.9 Å². The molecule has 2 heterocycles. The molecule has 0 radical (unpaired) electrons. The highest BCUT2D eigenvalue weighted by Gasteiger charge is 2.18. The Bertz CT molecular complexity index is 377. The van der Waals surface area contributed by atoms with E-state index >= 15 is 0 Å². The number of halogens is 1. The second kappa shape index (κ2) is 5.81. The first kappa shape index (κ1) is 12.1. The van der Waals surface area contributed by atoms with E-state index in [4.69, 9.17) is 0 Å². The van der Waals surface area contributed by atoms with Gasteiger partial charge in [-0.2, -0.15) is 5.26 Å². The summed E-state index contributed by atoms with van der Waals surface area (Å²) in [5.41, 5.74) is 0. The van der Waals surface area contributed by atoms with Gasteiger partial charge in [-0.05, 0) is 54.0 Å². The monoisotopic (exact) mass is 298 g/mol. The summed E-state index contributed by atoms with van der Waals surface area (Å²) in [6.45, 7) is 3.21. The van der Waals surface area contributed by atoms with Crippen molar-refractivity contribution >= 4 is 27.3 Å². The third-order valence-electron chi connectivity index (χ3n) is 2.98. The van der Waals surface area contributed by atoms with Gasteiger partial charge in [0.15, 0.2) is 0 Å². The summed E-state index contributed by atoms with van der Waals surface area (Å²) in [7, 11) is 0. The molecule has 0 bridgehead atoms. The molecule has 16 heavy (non-hydrogen) atoms. The van der Waals surface area contributed by atoms with Gasteiger partial charge in [0.1, 0.15) is 0 Å². The molecule has 1 unspecified atom stereocenters. The lowest BCUT2D eigenvalue weighted by Crippen LogP contribution is -2.33. The standard InChI is InChI=1S/C12H15BrN2S/c13-12-5-4-11(16-12)10(8-14)9-15-6-2-1-3-7-15/h4-5,10H,1-3,6-7,9H2. The minimum absolute atomic E-state index is 0.0365. The maximum absolute atomic E-state index is 9.23. The minimum atomic E-state index is 0.0365. The fourth-order valence-electron chi connectivity index (χ4n) is 2.11. The van der Waals surface area contributed by atoms with E-state index < -0.39 is 0 Å². The van der Waals surface area contributed by atoms with Gasteiger partial charge >= 0.3 is 0 Å². The van der Waals surface area contributed by atoms with Crippen molar-refractivity contribution in [2.24, 2.45) is 0 Å². The van der Waals surface area contributed by atoms with Gasteiger partial charge in [-0.1, -0.05) is 6.42 Å². The number of nitrogens with zero attached hydrogens (tertiary/aromatic N) is 2. The molecule has 1 aliphatic rings. The summed E-state index contributed by atoms with van der Waals surface area (Å²) in [6, 6.07) is 6.52. The van der Waals surface area contributed by atoms with Crippen LogP contribution >= 0.6 is 27.3 Å². The van der Waals surface area contributed by atoms with Crippen LogP contribution < -0.4 is 0 Å². The quantitative estimate of drug-likeness (QED) is 0.852. The smallest absolute Gasteiger partial charge is 0.0932 e. The van der Waals surface area contributed by atoms with Gasteiger partial charge in [-0.15, -0.1) is 11.3 Å². The summed E-state index contributed by atoms with van der Waals surface area (Å²) < 4.78 is 1.11. The molecule has 1 aromatic heterocycles. The predicted molar refractivity (Wildman–Crippen MR) is 70.7 cm³/mol.